The quantitative estimate of drug-likeness (QED) is 0.244. The maximum Gasteiger partial charge on any atom is 0.348 e. The molecule has 3 atom stereocenters. The molecule has 1 aromatic heterocycles. The van der Waals surface area contributed by atoms with Crippen molar-refractivity contribution in [2.45, 2.75) is 63.5 Å². The summed E-state index contributed by atoms with van der Waals surface area (Å²) in [5.74, 6) is 1.03. The molecule has 1 aliphatic rings. The molecule has 0 bridgehead atoms. The topological polar surface area (TPSA) is 66.8 Å². The zero-order valence-electron chi connectivity index (χ0n) is 21.2. The summed E-state index contributed by atoms with van der Waals surface area (Å²) in [7, 11) is 1.31. The fourth-order valence-electron chi connectivity index (χ4n) is 4.13. The van der Waals surface area contributed by atoms with Gasteiger partial charge in [-0.3, -0.25) is 4.79 Å². The number of carbonyl (C=O) groups excluding carboxylic acids is 2. The summed E-state index contributed by atoms with van der Waals surface area (Å²) in [5.41, 5.74) is 1.22. The fourth-order valence-corrected chi connectivity index (χ4v) is 5.10. The molecule has 1 aromatic carbocycles. The Hall–Kier alpha value is -3.02. The van der Waals surface area contributed by atoms with E-state index in [0.29, 0.717) is 24.1 Å². The Labute approximate surface area is 221 Å². The van der Waals surface area contributed by atoms with Gasteiger partial charge < -0.3 is 14.7 Å². The van der Waals surface area contributed by atoms with Gasteiger partial charge in [0.15, 0.2) is 0 Å². The number of alkyl halides is 2. The Balaban J connectivity index is 1.49. The van der Waals surface area contributed by atoms with Crippen molar-refractivity contribution in [1.29, 1.82) is 0 Å². The van der Waals surface area contributed by atoms with Crippen molar-refractivity contribution in [3.63, 3.8) is 0 Å². The molecule has 0 saturated carbocycles. The van der Waals surface area contributed by atoms with Crippen molar-refractivity contribution in [3.8, 4) is 11.8 Å². The van der Waals surface area contributed by atoms with E-state index in [0.717, 1.165) is 17.7 Å². The van der Waals surface area contributed by atoms with Gasteiger partial charge in [0.05, 0.1) is 19.3 Å². The van der Waals surface area contributed by atoms with Crippen LogP contribution in [0.15, 0.2) is 54.6 Å². The van der Waals surface area contributed by atoms with Crippen LogP contribution < -0.4 is 0 Å². The largest absolute Gasteiger partial charge is 0.465 e. The Kier molecular flexibility index (Phi) is 10.4. The smallest absolute Gasteiger partial charge is 0.348 e. The molecule has 3 rings (SSSR count). The second-order valence-electron chi connectivity index (χ2n) is 9.23. The van der Waals surface area contributed by atoms with Crippen LogP contribution in [0.5, 0.6) is 0 Å². The summed E-state index contributed by atoms with van der Waals surface area (Å²) in [5, 5.41) is 10.5. The van der Waals surface area contributed by atoms with Gasteiger partial charge in [-0.05, 0) is 42.9 Å². The van der Waals surface area contributed by atoms with Crippen LogP contribution in [-0.2, 0) is 22.4 Å². The number of hydrogen-bond acceptors (Lipinski definition) is 5. The number of benzene rings is 1. The number of aliphatic hydroxyl groups excluding tert-OH is 1. The van der Waals surface area contributed by atoms with Crippen molar-refractivity contribution >= 4 is 23.2 Å². The molecule has 1 N–H and O–H groups in total. The van der Waals surface area contributed by atoms with E-state index in [4.69, 9.17) is 4.74 Å². The minimum absolute atomic E-state index is 0.160. The first kappa shape index (κ1) is 28.5. The van der Waals surface area contributed by atoms with E-state index in [2.05, 4.69) is 24.0 Å². The lowest BCUT2D eigenvalue weighted by Crippen LogP contribution is -2.36. The summed E-state index contributed by atoms with van der Waals surface area (Å²) in [4.78, 5) is 26.5. The van der Waals surface area contributed by atoms with Gasteiger partial charge >= 0.3 is 11.9 Å². The van der Waals surface area contributed by atoms with Gasteiger partial charge in [0.2, 0.25) is 0 Å². The molecule has 0 aliphatic carbocycles. The number of amides is 1. The monoisotopic (exact) mass is 529 g/mol. The predicted molar refractivity (Wildman–Crippen MR) is 141 cm³/mol. The number of ether oxygens (including phenoxy) is 1. The van der Waals surface area contributed by atoms with Crippen molar-refractivity contribution in [2.75, 3.05) is 13.7 Å². The van der Waals surface area contributed by atoms with Crippen LogP contribution in [0.3, 0.4) is 0 Å². The lowest BCUT2D eigenvalue weighted by Gasteiger charge is -2.22. The molecular weight excluding hydrogens is 496 g/mol. The fraction of sp³-hybridized carbons (Fsp3) is 0.448. The number of thiophene rings is 1. The van der Waals surface area contributed by atoms with Crippen LogP contribution in [0.4, 0.5) is 8.78 Å². The van der Waals surface area contributed by atoms with Gasteiger partial charge in [0, 0.05) is 30.7 Å². The van der Waals surface area contributed by atoms with Crippen LogP contribution in [0, 0.1) is 17.8 Å². The van der Waals surface area contributed by atoms with Crippen molar-refractivity contribution in [1.82, 2.24) is 4.90 Å². The number of carbonyl (C=O) groups is 2. The minimum atomic E-state index is -3.42. The third-order valence-corrected chi connectivity index (χ3v) is 7.48. The average molecular weight is 530 g/mol. The number of esters is 1. The number of aryl methyl sites for hydroxylation is 2. The summed E-state index contributed by atoms with van der Waals surface area (Å²) in [6.07, 6.45) is 4.68. The third-order valence-electron chi connectivity index (χ3n) is 6.35. The summed E-state index contributed by atoms with van der Waals surface area (Å²) < 4.78 is 33.1. The summed E-state index contributed by atoms with van der Waals surface area (Å²) in [6.45, 7) is 2.02. The first-order valence-electron chi connectivity index (χ1n) is 12.4. The molecule has 198 valence electrons. The molecule has 0 spiro atoms. The molecule has 2 heterocycles. The lowest BCUT2D eigenvalue weighted by atomic mass is 9.99. The second kappa shape index (κ2) is 13.5. The van der Waals surface area contributed by atoms with E-state index < -0.39 is 36.4 Å². The van der Waals surface area contributed by atoms with Gasteiger partial charge in [-0.1, -0.05) is 49.4 Å². The number of hydrogen-bond donors (Lipinski definition) is 1. The molecule has 37 heavy (non-hydrogen) atoms. The van der Waals surface area contributed by atoms with Crippen LogP contribution in [0.25, 0.3) is 0 Å². The van der Waals surface area contributed by atoms with Gasteiger partial charge in [-0.25, -0.2) is 4.79 Å². The van der Waals surface area contributed by atoms with Gasteiger partial charge in [0.1, 0.15) is 4.88 Å². The Bertz CT molecular complexity index is 1140. The van der Waals surface area contributed by atoms with E-state index in [1.54, 1.807) is 12.1 Å². The molecule has 1 aliphatic heterocycles. The molecule has 0 unspecified atom stereocenters. The van der Waals surface area contributed by atoms with E-state index in [1.807, 2.05) is 25.1 Å². The standard InChI is InChI=1S/C29H33F2NO4S/c1-21(10-5-3-6-11-22-12-7-4-8-13-22)25(33)17-15-23-20-29(30,31)28(35)32(23)19-9-14-24-16-18-26(37-24)27(34)36-2/h4,7-8,12-13,15-18,21,23,25,33H,6,9-11,14,19-20H2,1-2H3/t21-,23-,25-/m0/s1. The molecule has 5 nitrogen and oxygen atoms in total. The number of halogens is 2. The van der Waals surface area contributed by atoms with E-state index in [9.17, 15) is 23.5 Å². The molecule has 1 saturated heterocycles. The second-order valence-corrected chi connectivity index (χ2v) is 10.4. The normalized spacial score (nSPS) is 18.5. The highest BCUT2D eigenvalue weighted by Crippen LogP contribution is 2.34. The van der Waals surface area contributed by atoms with Crippen molar-refractivity contribution in [2.24, 2.45) is 5.92 Å². The molecule has 0 radical (unpaired) electrons. The van der Waals surface area contributed by atoms with Gasteiger partial charge in [-0.15, -0.1) is 23.2 Å². The Morgan fingerprint density at radius 3 is 2.73 bits per heavy atom. The van der Waals surface area contributed by atoms with E-state index in [1.165, 1.54) is 41.1 Å². The predicted octanol–water partition coefficient (Wildman–Crippen LogP) is 5.28. The lowest BCUT2D eigenvalue weighted by molar-refractivity contribution is -0.148. The first-order chi connectivity index (χ1) is 17.7. The highest BCUT2D eigenvalue weighted by atomic mass is 32.1. The maximum atomic E-state index is 14.2. The molecular formula is C29H33F2NO4S. The minimum Gasteiger partial charge on any atom is -0.465 e. The maximum absolute atomic E-state index is 14.2. The third kappa shape index (κ3) is 8.24. The van der Waals surface area contributed by atoms with Crippen LogP contribution in [0.1, 0.15) is 52.7 Å². The summed E-state index contributed by atoms with van der Waals surface area (Å²) >= 11 is 1.29. The van der Waals surface area contributed by atoms with Crippen molar-refractivity contribution < 1.29 is 28.2 Å². The Morgan fingerprint density at radius 2 is 2.00 bits per heavy atom. The number of methoxy groups -OCH3 is 1. The van der Waals surface area contributed by atoms with E-state index >= 15 is 0 Å². The number of likely N-dealkylation sites (tertiary alicyclic amines) is 1. The highest BCUT2D eigenvalue weighted by molar-refractivity contribution is 7.13. The van der Waals surface area contributed by atoms with Gasteiger partial charge in [0.25, 0.3) is 5.91 Å². The zero-order chi connectivity index (χ0) is 26.8. The average Bonchev–Trinajstić information content (AvgIpc) is 3.45. The number of rotatable bonds is 11. The molecule has 1 amide bonds. The SMILES string of the molecule is COC(=O)c1ccc(CCCN2C(=O)C(F)(F)C[C@@H]2C=C[C@H](O)[C@@H](C)CC#CCCc2ccccc2)s1. The molecule has 8 heteroatoms. The van der Waals surface area contributed by atoms with Crippen LogP contribution in [-0.4, -0.2) is 53.6 Å². The van der Waals surface area contributed by atoms with Crippen LogP contribution >= 0.6 is 11.3 Å². The zero-order valence-corrected chi connectivity index (χ0v) is 22.0. The number of aliphatic hydroxyl groups is 1. The Morgan fingerprint density at radius 1 is 1.24 bits per heavy atom. The van der Waals surface area contributed by atoms with Crippen molar-refractivity contribution in [3.05, 3.63) is 69.9 Å². The summed E-state index contributed by atoms with van der Waals surface area (Å²) in [6, 6.07) is 12.8. The van der Waals surface area contributed by atoms with Crippen LogP contribution in [0.2, 0.25) is 0 Å². The first-order valence-corrected chi connectivity index (χ1v) is 13.2. The van der Waals surface area contributed by atoms with E-state index in [-0.39, 0.29) is 12.5 Å². The molecule has 1 fully saturated rings. The molecule has 2 aromatic rings. The number of nitrogens with zero attached hydrogens (tertiary/aromatic N) is 1. The van der Waals surface area contributed by atoms with Gasteiger partial charge in [-0.2, -0.15) is 8.78 Å². The highest BCUT2D eigenvalue weighted by Gasteiger charge is 2.52.